The van der Waals surface area contributed by atoms with E-state index >= 15 is 0 Å². The van der Waals surface area contributed by atoms with E-state index in [2.05, 4.69) is 27.2 Å². The van der Waals surface area contributed by atoms with Crippen LogP contribution in [0.4, 0.5) is 4.39 Å². The third kappa shape index (κ3) is 3.90. The minimum absolute atomic E-state index is 0.0803. The average Bonchev–Trinajstić information content (AvgIpc) is 3.13. The van der Waals surface area contributed by atoms with Gasteiger partial charge in [0.05, 0.1) is 24.4 Å². The molecule has 4 rings (SSSR count). The van der Waals surface area contributed by atoms with Gasteiger partial charge in [-0.1, -0.05) is 6.07 Å². The average molecular weight is 382 g/mol. The highest BCUT2D eigenvalue weighted by Gasteiger charge is 2.24. The number of H-pyrrole nitrogens is 1. The van der Waals surface area contributed by atoms with Crippen molar-refractivity contribution in [2.45, 2.75) is 18.9 Å². The van der Waals surface area contributed by atoms with E-state index in [0.29, 0.717) is 26.1 Å². The monoisotopic (exact) mass is 382 g/mol. The molecule has 1 aliphatic heterocycles. The van der Waals surface area contributed by atoms with Crippen molar-refractivity contribution >= 4 is 16.8 Å². The Morgan fingerprint density at radius 1 is 1.21 bits per heavy atom. The van der Waals surface area contributed by atoms with Crippen LogP contribution in [0.15, 0.2) is 42.5 Å². The number of aromatic amines is 1. The molecule has 1 fully saturated rings. The smallest absolute Gasteiger partial charge is 0.217 e. The molecule has 7 heteroatoms. The van der Waals surface area contributed by atoms with Crippen molar-refractivity contribution in [1.29, 1.82) is 0 Å². The highest BCUT2D eigenvalue weighted by Crippen LogP contribution is 2.32. The summed E-state index contributed by atoms with van der Waals surface area (Å²) in [5, 5.41) is 8.45. The number of nitrogens with two attached hydrogens (primary N) is 1. The zero-order valence-corrected chi connectivity index (χ0v) is 15.5. The molecule has 1 atom stereocenters. The molecule has 6 nitrogen and oxygen atoms in total. The number of rotatable bonds is 6. The molecule has 1 amide bonds. The number of nitrogens with zero attached hydrogens (tertiary/aromatic N) is 2. The summed E-state index contributed by atoms with van der Waals surface area (Å²) in [6.45, 7) is 3.00. The summed E-state index contributed by atoms with van der Waals surface area (Å²) in [4.78, 5) is 13.7. The second-order valence-electron chi connectivity index (χ2n) is 7.05. The normalized spacial score (nSPS) is 16.3. The first kappa shape index (κ1) is 18.6. The fourth-order valence-corrected chi connectivity index (χ4v) is 3.79. The number of aromatic nitrogens is 2. The van der Waals surface area contributed by atoms with Gasteiger partial charge in [-0.15, -0.1) is 0 Å². The summed E-state index contributed by atoms with van der Waals surface area (Å²) in [5.74, 6) is -0.572. The highest BCUT2D eigenvalue weighted by atomic mass is 19.1. The van der Waals surface area contributed by atoms with E-state index < -0.39 is 0 Å². The SMILES string of the molecule is NC(=O)CCC(c1ccc2[nH]nc(-c3ccc(F)cc3)c2c1)N1CCOCC1. The first-order chi connectivity index (χ1) is 13.6. The van der Waals surface area contributed by atoms with Gasteiger partial charge in [-0.2, -0.15) is 5.10 Å². The second kappa shape index (κ2) is 8.08. The van der Waals surface area contributed by atoms with Crippen LogP contribution in [0.5, 0.6) is 0 Å². The molecule has 1 aromatic heterocycles. The van der Waals surface area contributed by atoms with Gasteiger partial charge in [-0.05, 0) is 48.4 Å². The van der Waals surface area contributed by atoms with Gasteiger partial charge in [-0.25, -0.2) is 4.39 Å². The topological polar surface area (TPSA) is 84.2 Å². The minimum atomic E-state index is -0.297. The molecule has 28 heavy (non-hydrogen) atoms. The molecule has 0 aliphatic carbocycles. The maximum atomic E-state index is 13.3. The fourth-order valence-electron chi connectivity index (χ4n) is 3.79. The van der Waals surface area contributed by atoms with Gasteiger partial charge in [0.1, 0.15) is 5.82 Å². The highest BCUT2D eigenvalue weighted by molar-refractivity contribution is 5.93. The molecule has 1 unspecified atom stereocenters. The molecule has 0 saturated carbocycles. The number of hydrogen-bond acceptors (Lipinski definition) is 4. The van der Waals surface area contributed by atoms with Gasteiger partial charge in [-0.3, -0.25) is 14.8 Å². The molecule has 3 aromatic rings. The van der Waals surface area contributed by atoms with E-state index in [4.69, 9.17) is 10.5 Å². The van der Waals surface area contributed by atoms with Crippen LogP contribution in [0.1, 0.15) is 24.4 Å². The van der Waals surface area contributed by atoms with Crippen LogP contribution in [0, 0.1) is 5.82 Å². The lowest BCUT2D eigenvalue weighted by Crippen LogP contribution is -2.39. The fraction of sp³-hybridized carbons (Fsp3) is 0.333. The molecule has 1 saturated heterocycles. The molecular weight excluding hydrogens is 359 g/mol. The number of morpholine rings is 1. The zero-order valence-electron chi connectivity index (χ0n) is 15.5. The summed E-state index contributed by atoms with van der Waals surface area (Å²) < 4.78 is 18.8. The van der Waals surface area contributed by atoms with Crippen molar-refractivity contribution in [3.8, 4) is 11.3 Å². The number of benzene rings is 2. The Morgan fingerprint density at radius 2 is 1.96 bits per heavy atom. The summed E-state index contributed by atoms with van der Waals surface area (Å²) in [6, 6.07) is 12.6. The predicted molar refractivity (Wildman–Crippen MR) is 105 cm³/mol. The largest absolute Gasteiger partial charge is 0.379 e. The van der Waals surface area contributed by atoms with Crippen molar-refractivity contribution in [2.24, 2.45) is 5.73 Å². The van der Waals surface area contributed by atoms with Gasteiger partial charge >= 0.3 is 0 Å². The minimum Gasteiger partial charge on any atom is -0.379 e. The lowest BCUT2D eigenvalue weighted by atomic mass is 9.97. The third-order valence-corrected chi connectivity index (χ3v) is 5.24. The Labute approximate surface area is 162 Å². The van der Waals surface area contributed by atoms with Crippen molar-refractivity contribution in [1.82, 2.24) is 15.1 Å². The van der Waals surface area contributed by atoms with E-state index in [-0.39, 0.29) is 17.8 Å². The van der Waals surface area contributed by atoms with Crippen LogP contribution < -0.4 is 5.73 Å². The van der Waals surface area contributed by atoms with Crippen molar-refractivity contribution in [3.63, 3.8) is 0 Å². The molecule has 1 aliphatic rings. The molecule has 0 spiro atoms. The molecule has 146 valence electrons. The summed E-state index contributed by atoms with van der Waals surface area (Å²) in [7, 11) is 0. The van der Waals surface area contributed by atoms with E-state index in [1.54, 1.807) is 12.1 Å². The first-order valence-electron chi connectivity index (χ1n) is 9.46. The molecule has 3 N–H and O–H groups in total. The summed E-state index contributed by atoms with van der Waals surface area (Å²) in [5.41, 5.74) is 9.07. The van der Waals surface area contributed by atoms with Crippen LogP contribution in [-0.2, 0) is 9.53 Å². The van der Waals surface area contributed by atoms with Crippen LogP contribution in [0.25, 0.3) is 22.2 Å². The van der Waals surface area contributed by atoms with E-state index in [9.17, 15) is 9.18 Å². The van der Waals surface area contributed by atoms with Crippen LogP contribution in [0.2, 0.25) is 0 Å². The molecule has 2 heterocycles. The number of primary amides is 1. The Hall–Kier alpha value is -2.77. The van der Waals surface area contributed by atoms with Gasteiger partial charge in [0, 0.05) is 36.5 Å². The molecule has 0 bridgehead atoms. The van der Waals surface area contributed by atoms with Crippen LogP contribution in [-0.4, -0.2) is 47.3 Å². The Morgan fingerprint density at radius 3 is 2.68 bits per heavy atom. The molecule has 2 aromatic carbocycles. The van der Waals surface area contributed by atoms with E-state index in [0.717, 1.165) is 40.8 Å². The predicted octanol–water partition coefficient (Wildman–Crippen LogP) is 3.01. The quantitative estimate of drug-likeness (QED) is 0.686. The summed E-state index contributed by atoms with van der Waals surface area (Å²) in [6.07, 6.45) is 0.987. The Kier molecular flexibility index (Phi) is 5.36. The number of carbonyl (C=O) groups excluding carboxylic acids is 1. The number of ether oxygens (including phenoxy) is 1. The Bertz CT molecular complexity index is 964. The number of carbonyl (C=O) groups is 1. The van der Waals surface area contributed by atoms with Gasteiger partial charge in [0.15, 0.2) is 0 Å². The standard InChI is InChI=1S/C21H23FN4O2/c22-16-4-1-14(2-5-16)21-17-13-15(3-6-18(17)24-25-21)19(7-8-20(23)27)26-9-11-28-12-10-26/h1-6,13,19H,7-12H2,(H2,23,27)(H,24,25). The van der Waals surface area contributed by atoms with Crippen molar-refractivity contribution < 1.29 is 13.9 Å². The third-order valence-electron chi connectivity index (χ3n) is 5.24. The first-order valence-corrected chi connectivity index (χ1v) is 9.46. The van der Waals surface area contributed by atoms with Gasteiger partial charge < -0.3 is 10.5 Å². The number of amides is 1. The molecule has 0 radical (unpaired) electrons. The van der Waals surface area contributed by atoms with Crippen LogP contribution in [0.3, 0.4) is 0 Å². The number of halogens is 1. The number of fused-ring (bicyclic) bond motifs is 1. The second-order valence-corrected chi connectivity index (χ2v) is 7.05. The van der Waals surface area contributed by atoms with Crippen molar-refractivity contribution in [2.75, 3.05) is 26.3 Å². The lowest BCUT2D eigenvalue weighted by Gasteiger charge is -2.34. The maximum Gasteiger partial charge on any atom is 0.217 e. The lowest BCUT2D eigenvalue weighted by molar-refractivity contribution is -0.118. The maximum absolute atomic E-state index is 13.3. The van der Waals surface area contributed by atoms with Crippen LogP contribution >= 0.6 is 0 Å². The summed E-state index contributed by atoms with van der Waals surface area (Å²) >= 11 is 0. The zero-order chi connectivity index (χ0) is 19.5. The number of nitrogens with one attached hydrogen (secondary N) is 1. The van der Waals surface area contributed by atoms with Crippen molar-refractivity contribution in [3.05, 3.63) is 53.8 Å². The van der Waals surface area contributed by atoms with E-state index in [1.807, 2.05) is 6.07 Å². The van der Waals surface area contributed by atoms with Gasteiger partial charge in [0.25, 0.3) is 0 Å². The molecular formula is C21H23FN4O2. The van der Waals surface area contributed by atoms with E-state index in [1.165, 1.54) is 12.1 Å². The number of hydrogen-bond donors (Lipinski definition) is 2. The Balaban J connectivity index is 1.71. The van der Waals surface area contributed by atoms with Gasteiger partial charge in [0.2, 0.25) is 5.91 Å².